The quantitative estimate of drug-likeness (QED) is 0.331. The summed E-state index contributed by atoms with van der Waals surface area (Å²) in [4.78, 5) is 18.9. The van der Waals surface area contributed by atoms with E-state index in [1.165, 1.54) is 24.2 Å². The van der Waals surface area contributed by atoms with Crippen LogP contribution in [0.2, 0.25) is 0 Å². The zero-order valence-corrected chi connectivity index (χ0v) is 9.45. The molecule has 0 aliphatic rings. The van der Waals surface area contributed by atoms with E-state index in [1.54, 1.807) is 6.08 Å². The van der Waals surface area contributed by atoms with Gasteiger partial charge in [-0.25, -0.2) is 9.97 Å². The Kier molecular flexibility index (Phi) is 4.83. The lowest BCUT2D eigenvalue weighted by molar-refractivity contribution is 0.112. The Morgan fingerprint density at radius 2 is 2.40 bits per heavy atom. The molecule has 0 amide bonds. The molecule has 0 bridgehead atoms. The number of carbonyl (C=O) groups excluding carboxylic acids is 1. The summed E-state index contributed by atoms with van der Waals surface area (Å²) in [5.41, 5.74) is 1.04. The largest absolute Gasteiger partial charge is 0.501 e. The van der Waals surface area contributed by atoms with Crippen molar-refractivity contribution >= 4 is 24.1 Å². The summed E-state index contributed by atoms with van der Waals surface area (Å²) in [7, 11) is 0. The third-order valence-electron chi connectivity index (χ3n) is 1.62. The summed E-state index contributed by atoms with van der Waals surface area (Å²) < 4.78 is 5.05. The van der Waals surface area contributed by atoms with Gasteiger partial charge in [0.05, 0.1) is 24.1 Å². The van der Waals surface area contributed by atoms with Crippen LogP contribution in [-0.4, -0.2) is 29.1 Å². The highest BCUT2D eigenvalue weighted by molar-refractivity contribution is 7.98. The molecule has 0 spiro atoms. The fourth-order valence-electron chi connectivity index (χ4n) is 0.919. The molecule has 1 heterocycles. The predicted molar refractivity (Wildman–Crippen MR) is 59.9 cm³/mol. The first kappa shape index (κ1) is 11.7. The van der Waals surface area contributed by atoms with Crippen LogP contribution >= 0.6 is 11.8 Å². The predicted octanol–water partition coefficient (Wildman–Crippen LogP) is 2.02. The van der Waals surface area contributed by atoms with Crippen molar-refractivity contribution in [2.45, 2.75) is 12.1 Å². The zero-order chi connectivity index (χ0) is 11.1. The Balaban J connectivity index is 2.95. The SMILES string of the molecule is CCO/C=C\c1nc(SC)ncc1C=O. The topological polar surface area (TPSA) is 52.1 Å². The number of nitrogens with zero attached hydrogens (tertiary/aromatic N) is 2. The molecule has 0 unspecified atom stereocenters. The summed E-state index contributed by atoms with van der Waals surface area (Å²) in [6.45, 7) is 2.48. The van der Waals surface area contributed by atoms with E-state index in [0.717, 1.165) is 6.29 Å². The normalized spacial score (nSPS) is 10.5. The van der Waals surface area contributed by atoms with Crippen molar-refractivity contribution in [3.63, 3.8) is 0 Å². The average Bonchev–Trinajstić information content (AvgIpc) is 2.29. The Morgan fingerprint density at radius 1 is 1.60 bits per heavy atom. The molecule has 0 aliphatic carbocycles. The number of aldehydes is 1. The van der Waals surface area contributed by atoms with Crippen LogP contribution in [0.3, 0.4) is 0 Å². The van der Waals surface area contributed by atoms with Crippen LogP contribution in [0.5, 0.6) is 0 Å². The van der Waals surface area contributed by atoms with Crippen molar-refractivity contribution in [1.82, 2.24) is 9.97 Å². The molecule has 0 saturated carbocycles. The van der Waals surface area contributed by atoms with Crippen molar-refractivity contribution in [2.24, 2.45) is 0 Å². The summed E-state index contributed by atoms with van der Waals surface area (Å²) in [5.74, 6) is 0. The van der Waals surface area contributed by atoms with E-state index in [0.29, 0.717) is 23.0 Å². The number of hydrogen-bond donors (Lipinski definition) is 0. The second-order valence-corrected chi connectivity index (χ2v) is 3.35. The van der Waals surface area contributed by atoms with E-state index < -0.39 is 0 Å². The van der Waals surface area contributed by atoms with Gasteiger partial charge in [0.25, 0.3) is 0 Å². The van der Waals surface area contributed by atoms with Gasteiger partial charge >= 0.3 is 0 Å². The molecule has 4 nitrogen and oxygen atoms in total. The van der Waals surface area contributed by atoms with Crippen LogP contribution in [0.15, 0.2) is 17.6 Å². The monoisotopic (exact) mass is 224 g/mol. The zero-order valence-electron chi connectivity index (χ0n) is 8.64. The van der Waals surface area contributed by atoms with Gasteiger partial charge in [-0.15, -0.1) is 0 Å². The van der Waals surface area contributed by atoms with Crippen LogP contribution in [-0.2, 0) is 4.74 Å². The second-order valence-electron chi connectivity index (χ2n) is 2.57. The van der Waals surface area contributed by atoms with Gasteiger partial charge in [-0.2, -0.15) is 0 Å². The maximum absolute atomic E-state index is 10.7. The number of aromatic nitrogens is 2. The van der Waals surface area contributed by atoms with Gasteiger partial charge in [-0.1, -0.05) is 11.8 Å². The summed E-state index contributed by atoms with van der Waals surface area (Å²) >= 11 is 1.43. The van der Waals surface area contributed by atoms with Gasteiger partial charge in [-0.05, 0) is 19.3 Å². The molecule has 1 aromatic rings. The first-order valence-corrected chi connectivity index (χ1v) is 5.68. The molecule has 0 fully saturated rings. The van der Waals surface area contributed by atoms with E-state index in [2.05, 4.69) is 9.97 Å². The highest BCUT2D eigenvalue weighted by atomic mass is 32.2. The third kappa shape index (κ3) is 3.36. The fourth-order valence-corrected chi connectivity index (χ4v) is 1.27. The fraction of sp³-hybridized carbons (Fsp3) is 0.300. The van der Waals surface area contributed by atoms with E-state index in [4.69, 9.17) is 4.74 Å². The van der Waals surface area contributed by atoms with Crippen molar-refractivity contribution in [3.8, 4) is 0 Å². The van der Waals surface area contributed by atoms with Crippen LogP contribution in [0, 0.1) is 0 Å². The van der Waals surface area contributed by atoms with E-state index in [1.807, 2.05) is 13.2 Å². The van der Waals surface area contributed by atoms with Gasteiger partial charge in [0.2, 0.25) is 0 Å². The van der Waals surface area contributed by atoms with Gasteiger partial charge in [0, 0.05) is 6.20 Å². The van der Waals surface area contributed by atoms with Crippen LogP contribution in [0.25, 0.3) is 6.08 Å². The number of carbonyl (C=O) groups is 1. The second kappa shape index (κ2) is 6.19. The molecule has 0 radical (unpaired) electrons. The van der Waals surface area contributed by atoms with Gasteiger partial charge in [-0.3, -0.25) is 4.79 Å². The number of rotatable bonds is 5. The standard InChI is InChI=1S/C10H12N2O2S/c1-3-14-5-4-9-8(7-13)6-11-10(12-9)15-2/h4-7H,3H2,1-2H3/b5-4-. The van der Waals surface area contributed by atoms with Gasteiger partial charge in [0.1, 0.15) is 0 Å². The Morgan fingerprint density at radius 3 is 3.00 bits per heavy atom. The molecule has 0 saturated heterocycles. The molecule has 1 rings (SSSR count). The minimum atomic E-state index is 0.462. The van der Waals surface area contributed by atoms with Crippen LogP contribution in [0.1, 0.15) is 23.0 Å². The van der Waals surface area contributed by atoms with E-state index in [-0.39, 0.29) is 0 Å². The van der Waals surface area contributed by atoms with Crippen molar-refractivity contribution in [3.05, 3.63) is 23.7 Å². The van der Waals surface area contributed by atoms with Crippen molar-refractivity contribution < 1.29 is 9.53 Å². The molecule has 15 heavy (non-hydrogen) atoms. The average molecular weight is 224 g/mol. The molecule has 1 aromatic heterocycles. The minimum absolute atomic E-state index is 0.462. The maximum Gasteiger partial charge on any atom is 0.187 e. The lowest BCUT2D eigenvalue weighted by Crippen LogP contribution is -1.95. The number of ether oxygens (including phenoxy) is 1. The lowest BCUT2D eigenvalue weighted by Gasteiger charge is -2.00. The first-order valence-electron chi connectivity index (χ1n) is 4.46. The first-order chi connectivity index (χ1) is 7.31. The molecule has 0 N–H and O–H groups in total. The highest BCUT2D eigenvalue weighted by Crippen LogP contribution is 2.12. The highest BCUT2D eigenvalue weighted by Gasteiger charge is 2.02. The molecule has 5 heteroatoms. The van der Waals surface area contributed by atoms with Gasteiger partial charge < -0.3 is 4.74 Å². The summed E-state index contributed by atoms with van der Waals surface area (Å²) in [6, 6.07) is 0. The Hall–Kier alpha value is -1.36. The third-order valence-corrected chi connectivity index (χ3v) is 2.19. The smallest absolute Gasteiger partial charge is 0.187 e. The van der Waals surface area contributed by atoms with Crippen molar-refractivity contribution in [1.29, 1.82) is 0 Å². The van der Waals surface area contributed by atoms with Crippen LogP contribution < -0.4 is 0 Å². The molecule has 0 aliphatic heterocycles. The lowest BCUT2D eigenvalue weighted by atomic mass is 10.2. The maximum atomic E-state index is 10.7. The van der Waals surface area contributed by atoms with Crippen molar-refractivity contribution in [2.75, 3.05) is 12.9 Å². The molecule has 0 atom stereocenters. The van der Waals surface area contributed by atoms with E-state index in [9.17, 15) is 4.79 Å². The minimum Gasteiger partial charge on any atom is -0.501 e. The Labute approximate surface area is 92.8 Å². The Bertz CT molecular complexity index is 366. The molecule has 80 valence electrons. The molecular weight excluding hydrogens is 212 g/mol. The van der Waals surface area contributed by atoms with Crippen LogP contribution in [0.4, 0.5) is 0 Å². The molecular formula is C10H12N2O2S. The number of hydrogen-bond acceptors (Lipinski definition) is 5. The number of thioether (sulfide) groups is 1. The summed E-state index contributed by atoms with van der Waals surface area (Å²) in [5, 5.41) is 0.636. The van der Waals surface area contributed by atoms with E-state index >= 15 is 0 Å². The van der Waals surface area contributed by atoms with Gasteiger partial charge in [0.15, 0.2) is 11.4 Å². The molecule has 0 aromatic carbocycles. The summed E-state index contributed by atoms with van der Waals surface area (Å²) in [6.07, 6.45) is 7.31.